The molecule has 8 nitrogen and oxygen atoms in total. The fraction of sp³-hybridized carbons (Fsp3) is 0.348. The highest BCUT2D eigenvalue weighted by Crippen LogP contribution is 2.34. The smallest absolute Gasteiger partial charge is 0.212 e. The number of hydrogen-bond acceptors (Lipinski definition) is 7. The number of nitrogens with zero attached hydrogens (tertiary/aromatic N) is 7. The van der Waals surface area contributed by atoms with Crippen LogP contribution in [-0.4, -0.2) is 41.8 Å². The van der Waals surface area contributed by atoms with Gasteiger partial charge in [-0.3, -0.25) is 4.98 Å². The summed E-state index contributed by atoms with van der Waals surface area (Å²) in [7, 11) is 0. The van der Waals surface area contributed by atoms with Gasteiger partial charge >= 0.3 is 0 Å². The Labute approximate surface area is 188 Å². The number of ether oxygens (including phenoxy) is 1. The summed E-state index contributed by atoms with van der Waals surface area (Å²) < 4.78 is 10.0. The standard InChI is InChI=1S/C23H21N7OS/c1-13-7-17(5-6-31-13)30-21(9-16-12-29-23(26-16)32-14(2)28-29)27-20-11-25-19-4-3-15(10-24)8-18(19)22(20)30/h3-4,8,11-13,17H,5-7,9H2,1-2H3/t13-,17?/m1/s1. The topological polar surface area (TPSA) is 93.9 Å². The predicted octanol–water partition coefficient (Wildman–Crippen LogP) is 4.20. The van der Waals surface area contributed by atoms with Gasteiger partial charge in [0.25, 0.3) is 0 Å². The number of pyridine rings is 1. The van der Waals surface area contributed by atoms with Crippen LogP contribution in [0.4, 0.5) is 0 Å². The molecule has 0 bridgehead atoms. The van der Waals surface area contributed by atoms with Gasteiger partial charge in [-0.25, -0.2) is 14.5 Å². The van der Waals surface area contributed by atoms with E-state index in [1.165, 1.54) is 0 Å². The van der Waals surface area contributed by atoms with Crippen molar-refractivity contribution < 1.29 is 4.74 Å². The average molecular weight is 444 g/mol. The molecular weight excluding hydrogens is 422 g/mol. The minimum atomic E-state index is 0.187. The normalized spacial score (nSPS) is 19.2. The molecule has 160 valence electrons. The van der Waals surface area contributed by atoms with Gasteiger partial charge in [-0.2, -0.15) is 10.4 Å². The van der Waals surface area contributed by atoms with E-state index in [9.17, 15) is 5.26 Å². The zero-order chi connectivity index (χ0) is 21.8. The molecule has 0 saturated carbocycles. The van der Waals surface area contributed by atoms with Gasteiger partial charge in [0.1, 0.15) is 16.3 Å². The highest BCUT2D eigenvalue weighted by Gasteiger charge is 2.27. The highest BCUT2D eigenvalue weighted by atomic mass is 32.1. The molecule has 5 heterocycles. The van der Waals surface area contributed by atoms with E-state index in [0.29, 0.717) is 12.0 Å². The molecule has 6 rings (SSSR count). The first-order valence-electron chi connectivity index (χ1n) is 10.7. The van der Waals surface area contributed by atoms with Crippen molar-refractivity contribution in [2.45, 2.75) is 45.3 Å². The average Bonchev–Trinajstić information content (AvgIpc) is 3.43. The summed E-state index contributed by atoms with van der Waals surface area (Å²) in [5, 5.41) is 15.9. The minimum Gasteiger partial charge on any atom is -0.378 e. The van der Waals surface area contributed by atoms with Gasteiger partial charge in [0.2, 0.25) is 4.96 Å². The summed E-state index contributed by atoms with van der Waals surface area (Å²) in [6.45, 7) is 4.83. The summed E-state index contributed by atoms with van der Waals surface area (Å²) in [5.41, 5.74) is 4.31. The Morgan fingerprint density at radius 3 is 3.00 bits per heavy atom. The number of hydrogen-bond donors (Lipinski definition) is 0. The minimum absolute atomic E-state index is 0.187. The number of rotatable bonds is 3. The lowest BCUT2D eigenvalue weighted by atomic mass is 10.0. The lowest BCUT2D eigenvalue weighted by molar-refractivity contribution is 0.00631. The maximum absolute atomic E-state index is 9.47. The molecule has 9 heteroatoms. The van der Waals surface area contributed by atoms with Crippen LogP contribution in [0, 0.1) is 18.3 Å². The number of aromatic nitrogens is 6. The largest absolute Gasteiger partial charge is 0.378 e. The number of aryl methyl sites for hydroxylation is 1. The van der Waals surface area contributed by atoms with Gasteiger partial charge in [0.05, 0.1) is 46.9 Å². The second-order valence-corrected chi connectivity index (χ2v) is 9.51. The molecule has 1 saturated heterocycles. The van der Waals surface area contributed by atoms with Crippen LogP contribution in [-0.2, 0) is 11.2 Å². The first kappa shape index (κ1) is 19.3. The fourth-order valence-corrected chi connectivity index (χ4v) is 5.46. The molecule has 1 fully saturated rings. The van der Waals surface area contributed by atoms with Crippen molar-refractivity contribution in [3.63, 3.8) is 0 Å². The molecular formula is C23H21N7OS. The quantitative estimate of drug-likeness (QED) is 0.415. The molecule has 0 spiro atoms. The third kappa shape index (κ3) is 3.15. The summed E-state index contributed by atoms with van der Waals surface area (Å²) in [4.78, 5) is 15.3. The number of benzene rings is 1. The Kier molecular flexibility index (Phi) is 4.45. The molecule has 0 amide bonds. The first-order valence-corrected chi connectivity index (χ1v) is 11.5. The maximum Gasteiger partial charge on any atom is 0.212 e. The summed E-state index contributed by atoms with van der Waals surface area (Å²) in [5.74, 6) is 0.957. The van der Waals surface area contributed by atoms with Crippen LogP contribution in [0.2, 0.25) is 0 Å². The number of imidazole rings is 2. The van der Waals surface area contributed by atoms with Gasteiger partial charge in [-0.15, -0.1) is 0 Å². The molecule has 0 aliphatic carbocycles. The van der Waals surface area contributed by atoms with Crippen LogP contribution >= 0.6 is 11.3 Å². The van der Waals surface area contributed by atoms with E-state index in [4.69, 9.17) is 14.7 Å². The van der Waals surface area contributed by atoms with Gasteiger partial charge < -0.3 is 9.30 Å². The van der Waals surface area contributed by atoms with Crippen LogP contribution in [0.25, 0.3) is 26.9 Å². The Bertz CT molecular complexity index is 1490. The van der Waals surface area contributed by atoms with Crippen LogP contribution < -0.4 is 0 Å². The van der Waals surface area contributed by atoms with E-state index >= 15 is 0 Å². The molecule has 1 aromatic carbocycles. The van der Waals surface area contributed by atoms with E-state index in [1.54, 1.807) is 11.3 Å². The molecule has 1 unspecified atom stereocenters. The van der Waals surface area contributed by atoms with Crippen molar-refractivity contribution in [2.75, 3.05) is 6.61 Å². The summed E-state index contributed by atoms with van der Waals surface area (Å²) >= 11 is 1.58. The first-order chi connectivity index (χ1) is 15.6. The van der Waals surface area contributed by atoms with Crippen LogP contribution in [0.15, 0.2) is 30.6 Å². The van der Waals surface area contributed by atoms with Gasteiger partial charge in [-0.1, -0.05) is 11.3 Å². The monoisotopic (exact) mass is 443 g/mol. The van der Waals surface area contributed by atoms with Gasteiger partial charge in [0, 0.05) is 24.5 Å². The fourth-order valence-electron chi connectivity index (χ4n) is 4.71. The predicted molar refractivity (Wildman–Crippen MR) is 122 cm³/mol. The highest BCUT2D eigenvalue weighted by molar-refractivity contribution is 7.16. The second kappa shape index (κ2) is 7.36. The maximum atomic E-state index is 9.47. The van der Waals surface area contributed by atoms with Crippen LogP contribution in [0.5, 0.6) is 0 Å². The van der Waals surface area contributed by atoms with Crippen molar-refractivity contribution in [2.24, 2.45) is 0 Å². The molecule has 5 aromatic rings. The zero-order valence-electron chi connectivity index (χ0n) is 17.8. The third-order valence-corrected chi connectivity index (χ3v) is 6.91. The molecule has 0 N–H and O–H groups in total. The van der Waals surface area contributed by atoms with Crippen LogP contribution in [0.3, 0.4) is 0 Å². The Morgan fingerprint density at radius 1 is 1.28 bits per heavy atom. The lowest BCUT2D eigenvalue weighted by Crippen LogP contribution is -2.26. The van der Waals surface area contributed by atoms with E-state index in [2.05, 4.69) is 27.6 Å². The molecule has 1 aliphatic heterocycles. The van der Waals surface area contributed by atoms with E-state index in [1.807, 2.05) is 42.0 Å². The Hall–Kier alpha value is -3.35. The van der Waals surface area contributed by atoms with E-state index in [0.717, 1.165) is 62.9 Å². The number of fused-ring (bicyclic) bond motifs is 4. The number of nitriles is 1. The lowest BCUT2D eigenvalue weighted by Gasteiger charge is -2.30. The van der Waals surface area contributed by atoms with Crippen molar-refractivity contribution in [3.8, 4) is 6.07 Å². The summed E-state index contributed by atoms with van der Waals surface area (Å²) in [6, 6.07) is 8.17. The van der Waals surface area contributed by atoms with Gasteiger partial charge in [0.15, 0.2) is 0 Å². The van der Waals surface area contributed by atoms with E-state index < -0.39 is 0 Å². The Balaban J connectivity index is 1.56. The SMILES string of the molecule is Cc1nn2cc(Cc3nc4cnc5ccc(C#N)cc5c4n3C3CCO[C@H](C)C3)nc2s1. The molecule has 2 atom stereocenters. The van der Waals surface area contributed by atoms with Gasteiger partial charge in [-0.05, 0) is 44.9 Å². The van der Waals surface area contributed by atoms with Crippen molar-refractivity contribution in [1.29, 1.82) is 5.26 Å². The molecule has 1 aliphatic rings. The summed E-state index contributed by atoms with van der Waals surface area (Å²) in [6.07, 6.45) is 6.45. The molecule has 0 radical (unpaired) electrons. The van der Waals surface area contributed by atoms with Crippen molar-refractivity contribution >= 4 is 38.2 Å². The van der Waals surface area contributed by atoms with Crippen molar-refractivity contribution in [3.05, 3.63) is 52.7 Å². The second-order valence-electron chi connectivity index (χ2n) is 8.35. The van der Waals surface area contributed by atoms with E-state index in [-0.39, 0.29) is 12.1 Å². The third-order valence-electron chi connectivity index (χ3n) is 6.07. The Morgan fingerprint density at radius 2 is 2.19 bits per heavy atom. The molecule has 32 heavy (non-hydrogen) atoms. The molecule has 4 aromatic heterocycles. The van der Waals surface area contributed by atoms with Crippen molar-refractivity contribution in [1.82, 2.24) is 29.1 Å². The van der Waals surface area contributed by atoms with Crippen LogP contribution in [0.1, 0.15) is 47.9 Å². The zero-order valence-corrected chi connectivity index (χ0v) is 18.6.